The number of halogens is 1. The molecule has 1 aromatic rings. The predicted octanol–water partition coefficient (Wildman–Crippen LogP) is 2.21. The van der Waals surface area contributed by atoms with E-state index in [2.05, 4.69) is 0 Å². The third kappa shape index (κ3) is 3.66. The summed E-state index contributed by atoms with van der Waals surface area (Å²) in [5, 5.41) is -0.707. The van der Waals surface area contributed by atoms with Crippen LogP contribution in [-0.2, 0) is 16.0 Å². The minimum atomic E-state index is -0.707. The van der Waals surface area contributed by atoms with Crippen LogP contribution >= 0.6 is 11.6 Å². The van der Waals surface area contributed by atoms with Crippen LogP contribution < -0.4 is 0 Å². The van der Waals surface area contributed by atoms with E-state index in [4.69, 9.17) is 16.3 Å². The summed E-state index contributed by atoms with van der Waals surface area (Å²) in [4.78, 5) is 21.8. The zero-order valence-electron chi connectivity index (χ0n) is 8.98. The van der Waals surface area contributed by atoms with Gasteiger partial charge in [-0.25, -0.2) is 0 Å². The van der Waals surface area contributed by atoms with Crippen molar-refractivity contribution in [2.24, 2.45) is 0 Å². The van der Waals surface area contributed by atoms with E-state index in [-0.39, 0.29) is 0 Å². The summed E-state index contributed by atoms with van der Waals surface area (Å²) >= 11 is 5.88. The molecule has 4 heteroatoms. The van der Waals surface area contributed by atoms with E-state index in [1.807, 2.05) is 6.07 Å². The molecule has 1 aromatic carbocycles. The second kappa shape index (κ2) is 6.28. The van der Waals surface area contributed by atoms with Gasteiger partial charge < -0.3 is 4.74 Å². The molecule has 0 amide bonds. The highest BCUT2D eigenvalue weighted by Crippen LogP contribution is 2.11. The standard InChI is InChI=1S/C12H13ClO3/c1-2-16-12(15)11(13)7-9-4-3-5-10(6-9)8-14/h3-6,8,11H,2,7H2,1H3. The third-order valence-electron chi connectivity index (χ3n) is 2.04. The Hall–Kier alpha value is -1.35. The Labute approximate surface area is 99.4 Å². The number of aldehydes is 1. The molecule has 0 heterocycles. The van der Waals surface area contributed by atoms with Gasteiger partial charge in [0.2, 0.25) is 0 Å². The summed E-state index contributed by atoms with van der Waals surface area (Å²) in [6.45, 7) is 2.05. The summed E-state index contributed by atoms with van der Waals surface area (Å²) in [7, 11) is 0. The largest absolute Gasteiger partial charge is 0.465 e. The van der Waals surface area contributed by atoms with Crippen LogP contribution in [0.25, 0.3) is 0 Å². The number of carbonyl (C=O) groups excluding carboxylic acids is 2. The Bertz CT molecular complexity index is 376. The summed E-state index contributed by atoms with van der Waals surface area (Å²) in [6.07, 6.45) is 1.12. The number of rotatable bonds is 5. The molecule has 0 aromatic heterocycles. The molecule has 1 rings (SSSR count). The van der Waals surface area contributed by atoms with Crippen LogP contribution in [-0.4, -0.2) is 24.2 Å². The molecular formula is C12H13ClO3. The van der Waals surface area contributed by atoms with Crippen molar-refractivity contribution in [3.8, 4) is 0 Å². The lowest BCUT2D eigenvalue weighted by molar-refractivity contribution is -0.142. The normalized spacial score (nSPS) is 11.9. The zero-order valence-corrected chi connectivity index (χ0v) is 9.74. The molecule has 0 aliphatic carbocycles. The van der Waals surface area contributed by atoms with Gasteiger partial charge in [0.05, 0.1) is 6.61 Å². The molecular weight excluding hydrogens is 228 g/mol. The molecule has 0 aliphatic rings. The van der Waals surface area contributed by atoms with Gasteiger partial charge in [0, 0.05) is 5.56 Å². The average Bonchev–Trinajstić information content (AvgIpc) is 2.29. The van der Waals surface area contributed by atoms with Gasteiger partial charge in [-0.05, 0) is 25.0 Å². The summed E-state index contributed by atoms with van der Waals surface area (Å²) in [6, 6.07) is 6.99. The van der Waals surface area contributed by atoms with Crippen LogP contribution in [0.4, 0.5) is 0 Å². The molecule has 0 saturated heterocycles. The molecule has 86 valence electrons. The van der Waals surface area contributed by atoms with Gasteiger partial charge in [0.1, 0.15) is 11.7 Å². The minimum absolute atomic E-state index is 0.316. The molecule has 0 saturated carbocycles. The smallest absolute Gasteiger partial charge is 0.324 e. The maximum atomic E-state index is 11.3. The van der Waals surface area contributed by atoms with Crippen molar-refractivity contribution in [3.63, 3.8) is 0 Å². The number of esters is 1. The first-order chi connectivity index (χ1) is 7.67. The maximum Gasteiger partial charge on any atom is 0.324 e. The van der Waals surface area contributed by atoms with E-state index in [1.54, 1.807) is 25.1 Å². The first kappa shape index (κ1) is 12.7. The highest BCUT2D eigenvalue weighted by atomic mass is 35.5. The molecule has 1 atom stereocenters. The number of benzene rings is 1. The molecule has 0 bridgehead atoms. The summed E-state index contributed by atoms with van der Waals surface area (Å²) < 4.78 is 4.79. The van der Waals surface area contributed by atoms with E-state index in [1.165, 1.54) is 0 Å². The van der Waals surface area contributed by atoms with Gasteiger partial charge in [0.25, 0.3) is 0 Å². The van der Waals surface area contributed by atoms with Gasteiger partial charge in [-0.1, -0.05) is 18.2 Å². The summed E-state index contributed by atoms with van der Waals surface area (Å²) in [5.41, 5.74) is 1.42. The fraction of sp³-hybridized carbons (Fsp3) is 0.333. The fourth-order valence-corrected chi connectivity index (χ4v) is 1.56. The van der Waals surface area contributed by atoms with E-state index in [0.717, 1.165) is 11.8 Å². The number of ether oxygens (including phenoxy) is 1. The Balaban J connectivity index is 2.65. The molecule has 0 spiro atoms. The molecule has 16 heavy (non-hydrogen) atoms. The van der Waals surface area contributed by atoms with Crippen molar-refractivity contribution < 1.29 is 14.3 Å². The van der Waals surface area contributed by atoms with Crippen molar-refractivity contribution in [1.29, 1.82) is 0 Å². The second-order valence-corrected chi connectivity index (χ2v) is 3.81. The minimum Gasteiger partial charge on any atom is -0.465 e. The molecule has 0 N–H and O–H groups in total. The van der Waals surface area contributed by atoms with E-state index in [9.17, 15) is 9.59 Å². The first-order valence-corrected chi connectivity index (χ1v) is 5.45. The van der Waals surface area contributed by atoms with Crippen molar-refractivity contribution in [2.45, 2.75) is 18.7 Å². The second-order valence-electron chi connectivity index (χ2n) is 3.29. The number of carbonyl (C=O) groups is 2. The Morgan fingerprint density at radius 1 is 1.56 bits per heavy atom. The monoisotopic (exact) mass is 240 g/mol. The van der Waals surface area contributed by atoms with Crippen LogP contribution in [0.3, 0.4) is 0 Å². The maximum absolute atomic E-state index is 11.3. The molecule has 0 aliphatic heterocycles. The number of alkyl halides is 1. The van der Waals surface area contributed by atoms with Crippen LogP contribution in [0.2, 0.25) is 0 Å². The van der Waals surface area contributed by atoms with Crippen LogP contribution in [0.5, 0.6) is 0 Å². The highest BCUT2D eigenvalue weighted by molar-refractivity contribution is 6.30. The molecule has 3 nitrogen and oxygen atoms in total. The van der Waals surface area contributed by atoms with Gasteiger partial charge >= 0.3 is 5.97 Å². The third-order valence-corrected chi connectivity index (χ3v) is 2.38. The Kier molecular flexibility index (Phi) is 4.99. The van der Waals surface area contributed by atoms with E-state index in [0.29, 0.717) is 18.6 Å². The predicted molar refractivity (Wildman–Crippen MR) is 61.8 cm³/mol. The fourth-order valence-electron chi connectivity index (χ4n) is 1.32. The lowest BCUT2D eigenvalue weighted by atomic mass is 10.1. The van der Waals surface area contributed by atoms with Crippen LogP contribution in [0, 0.1) is 0 Å². The van der Waals surface area contributed by atoms with Crippen molar-refractivity contribution >= 4 is 23.9 Å². The lowest BCUT2D eigenvalue weighted by Crippen LogP contribution is -2.20. The molecule has 1 unspecified atom stereocenters. The van der Waals surface area contributed by atoms with Gasteiger partial charge in [-0.2, -0.15) is 0 Å². The van der Waals surface area contributed by atoms with Gasteiger partial charge in [-0.3, -0.25) is 9.59 Å². The van der Waals surface area contributed by atoms with Crippen LogP contribution in [0.15, 0.2) is 24.3 Å². The van der Waals surface area contributed by atoms with E-state index >= 15 is 0 Å². The molecule has 0 fully saturated rings. The highest BCUT2D eigenvalue weighted by Gasteiger charge is 2.16. The molecule has 0 radical (unpaired) electrons. The van der Waals surface area contributed by atoms with Crippen molar-refractivity contribution in [3.05, 3.63) is 35.4 Å². The first-order valence-electron chi connectivity index (χ1n) is 5.02. The van der Waals surface area contributed by atoms with Crippen molar-refractivity contribution in [1.82, 2.24) is 0 Å². The number of hydrogen-bond acceptors (Lipinski definition) is 3. The zero-order chi connectivity index (χ0) is 12.0. The Morgan fingerprint density at radius 3 is 2.94 bits per heavy atom. The van der Waals surface area contributed by atoms with E-state index < -0.39 is 11.3 Å². The van der Waals surface area contributed by atoms with Gasteiger partial charge in [-0.15, -0.1) is 11.6 Å². The van der Waals surface area contributed by atoms with Gasteiger partial charge in [0.15, 0.2) is 0 Å². The summed E-state index contributed by atoms with van der Waals surface area (Å²) in [5.74, 6) is -0.430. The SMILES string of the molecule is CCOC(=O)C(Cl)Cc1cccc(C=O)c1. The van der Waals surface area contributed by atoms with Crippen molar-refractivity contribution in [2.75, 3.05) is 6.61 Å². The average molecular weight is 241 g/mol. The topological polar surface area (TPSA) is 43.4 Å². The Morgan fingerprint density at radius 2 is 2.31 bits per heavy atom. The quantitative estimate of drug-likeness (QED) is 0.450. The number of hydrogen-bond donors (Lipinski definition) is 0. The van der Waals surface area contributed by atoms with Crippen LogP contribution in [0.1, 0.15) is 22.8 Å². The lowest BCUT2D eigenvalue weighted by Gasteiger charge is -2.08.